The van der Waals surface area contributed by atoms with E-state index in [1.54, 1.807) is 7.05 Å². The number of aromatic nitrogens is 3. The molecule has 0 atom stereocenters. The Morgan fingerprint density at radius 1 is 1.20 bits per heavy atom. The highest BCUT2D eigenvalue weighted by atomic mass is 79.9. The Balaban J connectivity index is 1.58. The molecular formula is C18H21BrN6. The first-order valence-electron chi connectivity index (χ1n) is 8.13. The molecule has 130 valence electrons. The average molecular weight is 401 g/mol. The molecule has 1 N–H and O–H groups in total. The first kappa shape index (κ1) is 17.4. The van der Waals surface area contributed by atoms with Crippen LogP contribution in [-0.2, 0) is 13.0 Å². The molecule has 0 amide bonds. The van der Waals surface area contributed by atoms with E-state index in [0.29, 0.717) is 0 Å². The summed E-state index contributed by atoms with van der Waals surface area (Å²) in [5.74, 6) is 1.79. The van der Waals surface area contributed by atoms with Gasteiger partial charge >= 0.3 is 0 Å². The summed E-state index contributed by atoms with van der Waals surface area (Å²) in [7, 11) is 3.83. The number of pyridine rings is 1. The van der Waals surface area contributed by atoms with Crippen molar-refractivity contribution in [1.29, 1.82) is 0 Å². The van der Waals surface area contributed by atoms with E-state index < -0.39 is 0 Å². The summed E-state index contributed by atoms with van der Waals surface area (Å²) >= 11 is 3.59. The lowest BCUT2D eigenvalue weighted by molar-refractivity contribution is 0.476. The zero-order valence-corrected chi connectivity index (χ0v) is 15.9. The second-order valence-corrected chi connectivity index (χ2v) is 6.57. The highest BCUT2D eigenvalue weighted by Gasteiger charge is 2.09. The second kappa shape index (κ2) is 8.11. The number of aliphatic imine (C=N–C) groups is 1. The Morgan fingerprint density at radius 3 is 2.80 bits per heavy atom. The van der Waals surface area contributed by atoms with Gasteiger partial charge in [-0.25, -0.2) is 0 Å². The highest BCUT2D eigenvalue weighted by molar-refractivity contribution is 9.10. The molecule has 25 heavy (non-hydrogen) atoms. The lowest BCUT2D eigenvalue weighted by Gasteiger charge is -2.22. The summed E-state index contributed by atoms with van der Waals surface area (Å²) in [6.07, 6.45) is 2.76. The maximum absolute atomic E-state index is 4.37. The number of fused-ring (bicyclic) bond motifs is 1. The van der Waals surface area contributed by atoms with Gasteiger partial charge < -0.3 is 10.2 Å². The van der Waals surface area contributed by atoms with E-state index in [1.165, 1.54) is 5.56 Å². The molecule has 3 aromatic rings. The Hall–Kier alpha value is -2.41. The van der Waals surface area contributed by atoms with Gasteiger partial charge in [0.1, 0.15) is 5.82 Å². The SMILES string of the molecule is CN=C(NCCc1nnc2ccccn12)N(C)Cc1ccccc1Br. The van der Waals surface area contributed by atoms with Crippen molar-refractivity contribution in [2.75, 3.05) is 20.6 Å². The van der Waals surface area contributed by atoms with Crippen molar-refractivity contribution in [3.05, 3.63) is 64.5 Å². The third kappa shape index (κ3) is 4.17. The molecule has 2 aromatic heterocycles. The van der Waals surface area contributed by atoms with E-state index in [1.807, 2.05) is 48.0 Å². The van der Waals surface area contributed by atoms with Crippen molar-refractivity contribution in [1.82, 2.24) is 24.8 Å². The van der Waals surface area contributed by atoms with Crippen molar-refractivity contribution < 1.29 is 0 Å². The largest absolute Gasteiger partial charge is 0.356 e. The van der Waals surface area contributed by atoms with Crippen LogP contribution in [0.15, 0.2) is 58.1 Å². The average Bonchev–Trinajstić information content (AvgIpc) is 3.04. The van der Waals surface area contributed by atoms with Crippen molar-refractivity contribution >= 4 is 27.5 Å². The molecule has 2 heterocycles. The first-order chi connectivity index (χ1) is 12.2. The maximum atomic E-state index is 4.37. The number of guanidine groups is 1. The maximum Gasteiger partial charge on any atom is 0.193 e. The second-order valence-electron chi connectivity index (χ2n) is 5.72. The number of hydrogen-bond acceptors (Lipinski definition) is 3. The van der Waals surface area contributed by atoms with Gasteiger partial charge in [0, 0.05) is 44.3 Å². The fraction of sp³-hybridized carbons (Fsp3) is 0.278. The van der Waals surface area contributed by atoms with E-state index >= 15 is 0 Å². The fourth-order valence-electron chi connectivity index (χ4n) is 2.69. The van der Waals surface area contributed by atoms with Crippen LogP contribution in [0.25, 0.3) is 5.65 Å². The van der Waals surface area contributed by atoms with Crippen LogP contribution in [0.4, 0.5) is 0 Å². The van der Waals surface area contributed by atoms with Crippen LogP contribution in [0.3, 0.4) is 0 Å². The molecule has 7 heteroatoms. The van der Waals surface area contributed by atoms with Crippen LogP contribution < -0.4 is 5.32 Å². The predicted molar refractivity (Wildman–Crippen MR) is 104 cm³/mol. The Kier molecular flexibility index (Phi) is 5.65. The normalized spacial score (nSPS) is 11.7. The molecular weight excluding hydrogens is 380 g/mol. The van der Waals surface area contributed by atoms with Crippen LogP contribution in [-0.4, -0.2) is 46.1 Å². The van der Waals surface area contributed by atoms with Gasteiger partial charge in [-0.1, -0.05) is 40.2 Å². The van der Waals surface area contributed by atoms with Crippen LogP contribution >= 0.6 is 15.9 Å². The van der Waals surface area contributed by atoms with Crippen LogP contribution in [0.1, 0.15) is 11.4 Å². The molecule has 0 radical (unpaired) electrons. The Labute approximate surface area is 155 Å². The van der Waals surface area contributed by atoms with E-state index in [4.69, 9.17) is 0 Å². The highest BCUT2D eigenvalue weighted by Crippen LogP contribution is 2.17. The van der Waals surface area contributed by atoms with Crippen molar-refractivity contribution in [2.24, 2.45) is 4.99 Å². The third-order valence-corrected chi connectivity index (χ3v) is 4.73. The number of benzene rings is 1. The van der Waals surface area contributed by atoms with Gasteiger partial charge in [-0.05, 0) is 23.8 Å². The van der Waals surface area contributed by atoms with Gasteiger partial charge in [-0.2, -0.15) is 0 Å². The molecule has 0 unspecified atom stereocenters. The van der Waals surface area contributed by atoms with Gasteiger partial charge in [0.25, 0.3) is 0 Å². The number of nitrogens with one attached hydrogen (secondary N) is 1. The number of nitrogens with zero attached hydrogens (tertiary/aromatic N) is 5. The minimum atomic E-state index is 0.739. The third-order valence-electron chi connectivity index (χ3n) is 3.95. The van der Waals surface area contributed by atoms with Gasteiger partial charge in [0.2, 0.25) is 0 Å². The van der Waals surface area contributed by atoms with Crippen LogP contribution in [0, 0.1) is 0 Å². The topological polar surface area (TPSA) is 57.8 Å². The minimum absolute atomic E-state index is 0.739. The van der Waals surface area contributed by atoms with E-state index in [2.05, 4.69) is 53.5 Å². The molecule has 1 aromatic carbocycles. The summed E-state index contributed by atoms with van der Waals surface area (Å²) in [4.78, 5) is 6.47. The lowest BCUT2D eigenvalue weighted by Crippen LogP contribution is -2.39. The molecule has 0 aliphatic carbocycles. The fourth-order valence-corrected chi connectivity index (χ4v) is 3.10. The summed E-state index contributed by atoms with van der Waals surface area (Å²) in [5, 5.41) is 11.8. The minimum Gasteiger partial charge on any atom is -0.356 e. The van der Waals surface area contributed by atoms with Crippen LogP contribution in [0.5, 0.6) is 0 Å². The molecule has 3 rings (SSSR count). The van der Waals surface area contributed by atoms with E-state index in [0.717, 1.165) is 41.4 Å². The molecule has 0 bridgehead atoms. The molecule has 0 saturated heterocycles. The molecule has 6 nitrogen and oxygen atoms in total. The van der Waals surface area contributed by atoms with Gasteiger partial charge in [-0.15, -0.1) is 10.2 Å². The van der Waals surface area contributed by atoms with Crippen molar-refractivity contribution in [3.63, 3.8) is 0 Å². The number of hydrogen-bond donors (Lipinski definition) is 1. The lowest BCUT2D eigenvalue weighted by atomic mass is 10.2. The standard InChI is InChI=1S/C18H21BrN6/c1-20-18(24(2)13-14-7-3-4-8-15(14)19)21-11-10-17-23-22-16-9-5-6-12-25(16)17/h3-9,12H,10-11,13H2,1-2H3,(H,20,21). The molecule has 0 spiro atoms. The first-order valence-corrected chi connectivity index (χ1v) is 8.92. The van der Waals surface area contributed by atoms with Gasteiger partial charge in [-0.3, -0.25) is 9.39 Å². The smallest absolute Gasteiger partial charge is 0.193 e. The molecule has 0 saturated carbocycles. The molecule has 0 aliphatic heterocycles. The van der Waals surface area contributed by atoms with Crippen LogP contribution in [0.2, 0.25) is 0 Å². The summed E-state index contributed by atoms with van der Waals surface area (Å²) in [6, 6.07) is 14.1. The van der Waals surface area contributed by atoms with Crippen molar-refractivity contribution in [2.45, 2.75) is 13.0 Å². The monoisotopic (exact) mass is 400 g/mol. The summed E-state index contributed by atoms with van der Waals surface area (Å²) < 4.78 is 3.11. The van der Waals surface area contributed by atoms with E-state index in [-0.39, 0.29) is 0 Å². The van der Waals surface area contributed by atoms with E-state index in [9.17, 15) is 0 Å². The van der Waals surface area contributed by atoms with Gasteiger partial charge in [0.15, 0.2) is 11.6 Å². The molecule has 0 fully saturated rings. The summed E-state index contributed by atoms with van der Waals surface area (Å²) in [6.45, 7) is 1.51. The molecule has 0 aliphatic rings. The summed E-state index contributed by atoms with van der Waals surface area (Å²) in [5.41, 5.74) is 2.09. The Bertz CT molecular complexity index is 873. The zero-order valence-electron chi connectivity index (χ0n) is 14.4. The van der Waals surface area contributed by atoms with Gasteiger partial charge in [0.05, 0.1) is 0 Å². The zero-order chi connectivity index (χ0) is 17.6. The van der Waals surface area contributed by atoms with Crippen molar-refractivity contribution in [3.8, 4) is 0 Å². The quantitative estimate of drug-likeness (QED) is 0.528. The number of rotatable bonds is 5. The number of halogens is 1. The Morgan fingerprint density at radius 2 is 2.00 bits per heavy atom. The predicted octanol–water partition coefficient (Wildman–Crippen LogP) is 2.74.